The molecule has 1 aliphatic heterocycles. The third kappa shape index (κ3) is 1.45. The molecule has 0 bridgehead atoms. The Labute approximate surface area is 72.3 Å². The fourth-order valence-electron chi connectivity index (χ4n) is 0.759. The van der Waals surface area contributed by atoms with E-state index >= 15 is 0 Å². The zero-order valence-electron chi connectivity index (χ0n) is 8.28. The lowest BCUT2D eigenvalue weighted by Gasteiger charge is -2.25. The number of nitrogen functional groups attached to an aromatic ring is 1. The van der Waals surface area contributed by atoms with Gasteiger partial charge in [-0.3, -0.25) is 0 Å². The van der Waals surface area contributed by atoms with Crippen LogP contribution in [0.15, 0.2) is 12.3 Å². The maximum absolute atomic E-state index is 7.40. The number of hydrogen-bond donors (Lipinski definition) is 1. The van der Waals surface area contributed by atoms with Crippen molar-refractivity contribution < 1.29 is 12.2 Å². The Bertz CT molecular complexity index is 357. The van der Waals surface area contributed by atoms with Crippen molar-refractivity contribution in [2.45, 2.75) is 6.10 Å². The Kier molecular flexibility index (Phi) is 1.30. The summed E-state index contributed by atoms with van der Waals surface area (Å²) in [6.07, 6.45) is -0.405. The van der Waals surface area contributed by atoms with E-state index in [1.54, 1.807) is 0 Å². The predicted octanol–water partition coefficient (Wildman–Crippen LogP) is -0.164. The van der Waals surface area contributed by atoms with Crippen molar-refractivity contribution in [1.29, 1.82) is 0 Å². The summed E-state index contributed by atoms with van der Waals surface area (Å²) in [5.74, 6) is -0.0234. The van der Waals surface area contributed by atoms with Gasteiger partial charge in [-0.05, 0) is 0 Å². The molecule has 64 valence electrons. The molecule has 0 saturated carbocycles. The van der Waals surface area contributed by atoms with Gasteiger partial charge in [0.15, 0.2) is 0 Å². The van der Waals surface area contributed by atoms with E-state index in [0.29, 0.717) is 13.2 Å². The van der Waals surface area contributed by atoms with Crippen LogP contribution in [0.5, 0.6) is 5.88 Å². The number of aromatic nitrogens is 2. The third-order valence-electron chi connectivity index (χ3n) is 1.43. The molecule has 2 rings (SSSR count). The van der Waals surface area contributed by atoms with Crippen molar-refractivity contribution in [1.82, 2.24) is 9.97 Å². The third-order valence-corrected chi connectivity index (χ3v) is 1.43. The first-order valence-corrected chi connectivity index (χ1v) is 3.52. The summed E-state index contributed by atoms with van der Waals surface area (Å²) in [6.45, 7) is 0.970. The van der Waals surface area contributed by atoms with Crippen LogP contribution in [0.1, 0.15) is 2.74 Å². The molecular weight excluding hydrogens is 158 g/mol. The topological polar surface area (TPSA) is 70.3 Å². The molecule has 2 N–H and O–H groups in total. The highest BCUT2D eigenvalue weighted by atomic mass is 16.6. The van der Waals surface area contributed by atoms with Gasteiger partial charge in [-0.15, -0.1) is 0 Å². The molecule has 0 amide bonds. The van der Waals surface area contributed by atoms with Crippen LogP contribution in [0.2, 0.25) is 0 Å². The number of nitrogens with two attached hydrogens (primary N) is 1. The van der Waals surface area contributed by atoms with E-state index in [9.17, 15) is 0 Å². The molecule has 0 spiro atoms. The molecule has 0 radical (unpaired) electrons. The van der Waals surface area contributed by atoms with Gasteiger partial charge >= 0.3 is 0 Å². The smallest absolute Gasteiger partial charge is 0.232 e. The second-order valence-electron chi connectivity index (χ2n) is 2.41. The summed E-state index contributed by atoms with van der Waals surface area (Å²) in [4.78, 5) is 7.32. The fourth-order valence-corrected chi connectivity index (χ4v) is 0.759. The molecule has 1 saturated heterocycles. The summed E-state index contributed by atoms with van der Waals surface area (Å²) in [6, 6.07) is 0. The minimum atomic E-state index is -0.170. The quantitative estimate of drug-likeness (QED) is 0.666. The second kappa shape index (κ2) is 2.94. The Morgan fingerprint density at radius 3 is 3.08 bits per heavy atom. The number of hydrogen-bond acceptors (Lipinski definition) is 5. The SMILES string of the molecule is [2H]c1nc(OC2COC2)c([2H])nc1N. The lowest BCUT2D eigenvalue weighted by atomic mass is 10.3. The number of ether oxygens (including phenoxy) is 2. The predicted molar refractivity (Wildman–Crippen MR) is 41.7 cm³/mol. The van der Waals surface area contributed by atoms with Crippen molar-refractivity contribution in [2.75, 3.05) is 18.9 Å². The van der Waals surface area contributed by atoms with Gasteiger partial charge < -0.3 is 15.2 Å². The van der Waals surface area contributed by atoms with Gasteiger partial charge in [0.25, 0.3) is 0 Å². The highest BCUT2D eigenvalue weighted by Crippen LogP contribution is 2.11. The van der Waals surface area contributed by atoms with Gasteiger partial charge in [-0.2, -0.15) is 0 Å². The summed E-state index contributed by atoms with van der Waals surface area (Å²) in [7, 11) is 0. The van der Waals surface area contributed by atoms with E-state index in [0.717, 1.165) is 0 Å². The van der Waals surface area contributed by atoms with E-state index < -0.39 is 0 Å². The fraction of sp³-hybridized carbons (Fsp3) is 0.429. The average molecular weight is 169 g/mol. The number of nitrogens with zero attached hydrogens (tertiary/aromatic N) is 2. The highest BCUT2D eigenvalue weighted by Gasteiger charge is 2.20. The second-order valence-corrected chi connectivity index (χ2v) is 2.41. The minimum Gasteiger partial charge on any atom is -0.468 e. The van der Waals surface area contributed by atoms with Crippen LogP contribution in [0.4, 0.5) is 5.82 Å². The van der Waals surface area contributed by atoms with Crippen molar-refractivity contribution in [3.63, 3.8) is 0 Å². The van der Waals surface area contributed by atoms with Gasteiger partial charge in [-0.25, -0.2) is 9.97 Å². The molecule has 0 aliphatic carbocycles. The number of rotatable bonds is 2. The lowest BCUT2D eigenvalue weighted by molar-refractivity contribution is -0.0814. The van der Waals surface area contributed by atoms with Gasteiger partial charge in [0, 0.05) is 0 Å². The monoisotopic (exact) mass is 169 g/mol. The van der Waals surface area contributed by atoms with Crippen molar-refractivity contribution >= 4 is 5.82 Å². The van der Waals surface area contributed by atoms with Crippen molar-refractivity contribution in [3.8, 4) is 5.88 Å². The molecule has 5 heteroatoms. The number of anilines is 1. The minimum absolute atomic E-state index is 0.0394. The largest absolute Gasteiger partial charge is 0.468 e. The van der Waals surface area contributed by atoms with E-state index in [2.05, 4.69) is 9.97 Å². The van der Waals surface area contributed by atoms with Crippen LogP contribution in [0.3, 0.4) is 0 Å². The normalized spacial score (nSPS) is 19.3. The zero-order chi connectivity index (χ0) is 10.1. The Hall–Kier alpha value is -1.36. The summed E-state index contributed by atoms with van der Waals surface area (Å²) in [5.41, 5.74) is 5.31. The molecule has 1 fully saturated rings. The summed E-state index contributed by atoms with van der Waals surface area (Å²) < 4.78 is 24.8. The van der Waals surface area contributed by atoms with Crippen LogP contribution >= 0.6 is 0 Å². The lowest BCUT2D eigenvalue weighted by Crippen LogP contribution is -2.38. The maximum Gasteiger partial charge on any atom is 0.232 e. The Morgan fingerprint density at radius 1 is 1.58 bits per heavy atom. The molecular formula is C7H9N3O2. The summed E-state index contributed by atoms with van der Waals surface area (Å²) >= 11 is 0. The molecule has 2 heterocycles. The van der Waals surface area contributed by atoms with E-state index in [-0.39, 0.29) is 30.1 Å². The first-order valence-electron chi connectivity index (χ1n) is 4.52. The van der Waals surface area contributed by atoms with E-state index in [1.807, 2.05) is 0 Å². The first-order chi connectivity index (χ1) is 6.66. The molecule has 1 aromatic heterocycles. The first kappa shape index (κ1) is 5.31. The van der Waals surface area contributed by atoms with Crippen LogP contribution < -0.4 is 10.5 Å². The van der Waals surface area contributed by atoms with Gasteiger partial charge in [-0.1, -0.05) is 0 Å². The standard InChI is InChI=1S/C7H9N3O2/c8-6-1-10-7(2-9-6)12-5-3-11-4-5/h1-2,5H,3-4H2,(H2,8,9)/i1D,2D. The van der Waals surface area contributed by atoms with E-state index in [4.69, 9.17) is 17.9 Å². The molecule has 1 aromatic rings. The molecule has 1 aliphatic rings. The maximum atomic E-state index is 7.40. The van der Waals surface area contributed by atoms with Crippen molar-refractivity contribution in [2.24, 2.45) is 0 Å². The Morgan fingerprint density at radius 2 is 2.42 bits per heavy atom. The molecule has 0 unspecified atom stereocenters. The van der Waals surface area contributed by atoms with E-state index in [1.165, 1.54) is 0 Å². The molecule has 0 aromatic carbocycles. The highest BCUT2D eigenvalue weighted by molar-refractivity contribution is 5.24. The van der Waals surface area contributed by atoms with Gasteiger partial charge in [0.2, 0.25) is 5.88 Å². The Balaban J connectivity index is 2.19. The summed E-state index contributed by atoms with van der Waals surface area (Å²) in [5, 5.41) is 0. The van der Waals surface area contributed by atoms with Crippen LogP contribution in [-0.2, 0) is 4.74 Å². The van der Waals surface area contributed by atoms with Crippen molar-refractivity contribution in [3.05, 3.63) is 12.3 Å². The average Bonchev–Trinajstić information content (AvgIpc) is 2.06. The van der Waals surface area contributed by atoms with Gasteiger partial charge in [0.05, 0.1) is 28.3 Å². The zero-order valence-corrected chi connectivity index (χ0v) is 6.28. The van der Waals surface area contributed by atoms with Crippen LogP contribution in [0.25, 0.3) is 0 Å². The molecule has 12 heavy (non-hydrogen) atoms. The molecule has 5 nitrogen and oxygen atoms in total. The molecule has 0 atom stereocenters. The van der Waals surface area contributed by atoms with Crippen LogP contribution in [-0.4, -0.2) is 29.3 Å². The van der Waals surface area contributed by atoms with Crippen LogP contribution in [0, 0.1) is 0 Å². The van der Waals surface area contributed by atoms with Gasteiger partial charge in [0.1, 0.15) is 11.9 Å².